The van der Waals surface area contributed by atoms with E-state index in [4.69, 9.17) is 10.6 Å². The van der Waals surface area contributed by atoms with E-state index in [9.17, 15) is 4.79 Å². The van der Waals surface area contributed by atoms with Crippen molar-refractivity contribution in [1.82, 2.24) is 19.5 Å². The second-order valence-corrected chi connectivity index (χ2v) is 9.65. The standard InChI is InChI=1S/C23H27FN5O3P/c1-5-6-12-28(22(30)16-10-8-7-9-11-16)20-18-21(26-13-25-20)29(14-27-18)23-17(24)19(15(2)31-23)32-33(3)4/h5,7-11,13-15,17,19,23H,1,6,12H2,2-4H3/t15-,17-,19-,23?/m1/s1/i2D. The molecule has 1 aromatic carbocycles. The van der Waals surface area contributed by atoms with Crippen molar-refractivity contribution < 1.29 is 19.8 Å². The molecule has 0 saturated carbocycles. The average molecular weight is 472 g/mol. The number of hydrogen-bond donors (Lipinski definition) is 0. The molecule has 3 heterocycles. The number of carbonyl (C=O) groups is 1. The van der Waals surface area contributed by atoms with Crippen molar-refractivity contribution in [2.75, 3.05) is 24.8 Å². The number of rotatable bonds is 8. The molecule has 1 aliphatic rings. The van der Waals surface area contributed by atoms with E-state index in [0.717, 1.165) is 0 Å². The van der Waals surface area contributed by atoms with E-state index < -0.39 is 32.8 Å². The minimum Gasteiger partial charge on any atom is -0.351 e. The molecule has 1 aliphatic heterocycles. The lowest BCUT2D eigenvalue weighted by Crippen LogP contribution is -2.33. The van der Waals surface area contributed by atoms with Gasteiger partial charge in [0.2, 0.25) is 0 Å². The van der Waals surface area contributed by atoms with Crippen LogP contribution in [0.15, 0.2) is 55.6 Å². The third-order valence-corrected chi connectivity index (χ3v) is 5.96. The number of benzene rings is 1. The normalized spacial score (nSPS) is 23.1. The monoisotopic (exact) mass is 472 g/mol. The van der Waals surface area contributed by atoms with Crippen LogP contribution in [0.4, 0.5) is 10.2 Å². The molecular formula is C23H27FN5O3P. The van der Waals surface area contributed by atoms with Crippen molar-refractivity contribution in [1.29, 1.82) is 0 Å². The van der Waals surface area contributed by atoms with Gasteiger partial charge in [-0.2, -0.15) is 0 Å². The first-order valence-electron chi connectivity index (χ1n) is 11.2. The maximum Gasteiger partial charge on any atom is 0.259 e. The van der Waals surface area contributed by atoms with Crippen LogP contribution in [0.1, 0.15) is 31.3 Å². The van der Waals surface area contributed by atoms with Crippen molar-refractivity contribution in [2.45, 2.75) is 37.9 Å². The van der Waals surface area contributed by atoms with Gasteiger partial charge in [-0.15, -0.1) is 6.58 Å². The zero-order chi connectivity index (χ0) is 24.2. The van der Waals surface area contributed by atoms with E-state index >= 15 is 4.39 Å². The summed E-state index contributed by atoms with van der Waals surface area (Å²) in [5, 5.41) is 0. The molecule has 1 amide bonds. The summed E-state index contributed by atoms with van der Waals surface area (Å²) >= 11 is 0. The number of imidazole rings is 1. The van der Waals surface area contributed by atoms with Gasteiger partial charge in [0.25, 0.3) is 5.91 Å². The fourth-order valence-corrected chi connectivity index (χ4v) is 4.51. The van der Waals surface area contributed by atoms with Crippen LogP contribution in [-0.4, -0.2) is 63.7 Å². The number of alkyl halides is 1. The second kappa shape index (κ2) is 10.0. The fourth-order valence-electron chi connectivity index (χ4n) is 3.77. The minimum atomic E-state index is -1.50. The van der Waals surface area contributed by atoms with Gasteiger partial charge >= 0.3 is 0 Å². The highest BCUT2D eigenvalue weighted by atomic mass is 31.1. The van der Waals surface area contributed by atoms with E-state index in [1.807, 2.05) is 19.4 Å². The number of anilines is 1. The zero-order valence-electron chi connectivity index (χ0n) is 19.5. The first kappa shape index (κ1) is 22.1. The van der Waals surface area contributed by atoms with Gasteiger partial charge in [-0.3, -0.25) is 14.3 Å². The van der Waals surface area contributed by atoms with Crippen LogP contribution in [0.25, 0.3) is 11.2 Å². The Morgan fingerprint density at radius 1 is 1.36 bits per heavy atom. The minimum absolute atomic E-state index is 0.126. The lowest BCUT2D eigenvalue weighted by Gasteiger charge is -2.22. The van der Waals surface area contributed by atoms with Crippen LogP contribution in [0.2, 0.25) is 0 Å². The SMILES string of the molecule is [2H]C[C@H]1OC(n2cnc3c(N(CCC=C)C(=O)c4ccccc4)ncnc32)[C@H](F)[C@@H]1OP(C)C. The number of fused-ring (bicyclic) bond motifs is 1. The number of carbonyl (C=O) groups excluding carboxylic acids is 1. The van der Waals surface area contributed by atoms with Crippen LogP contribution in [0, 0.1) is 0 Å². The smallest absolute Gasteiger partial charge is 0.259 e. The molecule has 8 nitrogen and oxygen atoms in total. The Morgan fingerprint density at radius 3 is 2.85 bits per heavy atom. The third kappa shape index (κ3) is 4.67. The van der Waals surface area contributed by atoms with E-state index in [1.54, 1.807) is 30.3 Å². The Bertz CT molecular complexity index is 1150. The molecule has 3 aromatic rings. The quantitative estimate of drug-likeness (QED) is 0.358. The van der Waals surface area contributed by atoms with E-state index in [2.05, 4.69) is 21.5 Å². The summed E-state index contributed by atoms with van der Waals surface area (Å²) in [5.74, 6) is 0.0859. The molecule has 1 unspecified atom stereocenters. The highest BCUT2D eigenvalue weighted by Crippen LogP contribution is 2.41. The van der Waals surface area contributed by atoms with Crippen molar-refractivity contribution in [3.63, 3.8) is 0 Å². The predicted molar refractivity (Wildman–Crippen MR) is 126 cm³/mol. The topological polar surface area (TPSA) is 82.4 Å². The van der Waals surface area contributed by atoms with Crippen LogP contribution in [-0.2, 0) is 9.26 Å². The summed E-state index contributed by atoms with van der Waals surface area (Å²) in [7, 11) is -0.837. The third-order valence-electron chi connectivity index (χ3n) is 5.29. The van der Waals surface area contributed by atoms with Gasteiger partial charge in [0, 0.05) is 21.6 Å². The number of ether oxygens (including phenoxy) is 1. The molecule has 4 atom stereocenters. The van der Waals surface area contributed by atoms with Crippen LogP contribution in [0.3, 0.4) is 0 Å². The van der Waals surface area contributed by atoms with Crippen molar-refractivity contribution in [3.8, 4) is 0 Å². The summed E-state index contributed by atoms with van der Waals surface area (Å²) in [6.07, 6.45) is 0.934. The summed E-state index contributed by atoms with van der Waals surface area (Å²) in [6.45, 7) is 7.73. The number of aromatic nitrogens is 4. The molecule has 2 aromatic heterocycles. The van der Waals surface area contributed by atoms with Gasteiger partial charge < -0.3 is 9.26 Å². The van der Waals surface area contributed by atoms with E-state index in [1.165, 1.54) is 22.1 Å². The molecule has 10 heteroatoms. The van der Waals surface area contributed by atoms with Crippen LogP contribution >= 0.6 is 8.15 Å². The summed E-state index contributed by atoms with van der Waals surface area (Å²) in [6, 6.07) is 8.89. The highest BCUT2D eigenvalue weighted by molar-refractivity contribution is 7.50. The fraction of sp³-hybridized carbons (Fsp3) is 0.391. The molecular weight excluding hydrogens is 444 g/mol. The Morgan fingerprint density at radius 2 is 2.15 bits per heavy atom. The second-order valence-electron chi connectivity index (χ2n) is 7.81. The molecule has 0 spiro atoms. The van der Waals surface area contributed by atoms with Crippen LogP contribution < -0.4 is 4.90 Å². The molecule has 0 N–H and O–H groups in total. The van der Waals surface area contributed by atoms with Gasteiger partial charge in [-0.1, -0.05) is 24.3 Å². The number of halogens is 1. The Kier molecular flexibility index (Phi) is 6.71. The Balaban J connectivity index is 1.72. The van der Waals surface area contributed by atoms with E-state index in [0.29, 0.717) is 35.5 Å². The maximum atomic E-state index is 15.4. The summed E-state index contributed by atoms with van der Waals surface area (Å²) in [4.78, 5) is 27.9. The highest BCUT2D eigenvalue weighted by Gasteiger charge is 2.46. The largest absolute Gasteiger partial charge is 0.351 e. The average Bonchev–Trinajstić information content (AvgIpc) is 3.40. The molecule has 0 aliphatic carbocycles. The Labute approximate surface area is 194 Å². The lowest BCUT2D eigenvalue weighted by molar-refractivity contribution is -0.0122. The molecule has 0 radical (unpaired) electrons. The van der Waals surface area contributed by atoms with Gasteiger partial charge in [0.15, 0.2) is 29.4 Å². The zero-order valence-corrected chi connectivity index (χ0v) is 19.4. The molecule has 1 saturated heterocycles. The van der Waals surface area contributed by atoms with Gasteiger partial charge in [0.1, 0.15) is 12.4 Å². The first-order valence-corrected chi connectivity index (χ1v) is 12.7. The van der Waals surface area contributed by atoms with Crippen molar-refractivity contribution in [2.24, 2.45) is 0 Å². The van der Waals surface area contributed by atoms with E-state index in [-0.39, 0.29) is 12.8 Å². The van der Waals surface area contributed by atoms with Crippen molar-refractivity contribution in [3.05, 3.63) is 61.2 Å². The lowest BCUT2D eigenvalue weighted by atomic mass is 10.2. The van der Waals surface area contributed by atoms with Crippen molar-refractivity contribution >= 4 is 31.0 Å². The predicted octanol–water partition coefficient (Wildman–Crippen LogP) is 4.35. The summed E-state index contributed by atoms with van der Waals surface area (Å²) < 4.78 is 36.3. The Hall–Kier alpha value is -2.74. The van der Waals surface area contributed by atoms with Gasteiger partial charge in [-0.25, -0.2) is 19.3 Å². The van der Waals surface area contributed by atoms with Crippen LogP contribution in [0.5, 0.6) is 0 Å². The number of amides is 1. The molecule has 4 rings (SSSR count). The maximum absolute atomic E-state index is 15.4. The first-order chi connectivity index (χ1) is 16.5. The van der Waals surface area contributed by atoms with Gasteiger partial charge in [0.05, 0.1) is 12.4 Å². The summed E-state index contributed by atoms with van der Waals surface area (Å²) in [5.41, 5.74) is 1.20. The molecule has 174 valence electrons. The molecule has 0 bridgehead atoms. The molecule has 33 heavy (non-hydrogen) atoms. The number of nitrogens with zero attached hydrogens (tertiary/aromatic N) is 5. The molecule has 1 fully saturated rings. The number of hydrogen-bond acceptors (Lipinski definition) is 6. The van der Waals surface area contributed by atoms with Gasteiger partial charge in [-0.05, 0) is 38.8 Å².